The average Bonchev–Trinajstić information content (AvgIpc) is 3.00. The molecule has 16 heavy (non-hydrogen) atoms. The molecule has 0 saturated heterocycles. The summed E-state index contributed by atoms with van der Waals surface area (Å²) in [6, 6.07) is 7.74. The highest BCUT2D eigenvalue weighted by Gasteiger charge is 2.29. The fourth-order valence-electron chi connectivity index (χ4n) is 1.57. The third-order valence-corrected chi connectivity index (χ3v) is 2.84. The quantitative estimate of drug-likeness (QED) is 0.817. The van der Waals surface area contributed by atoms with E-state index in [0.717, 1.165) is 24.1 Å². The van der Waals surface area contributed by atoms with Crippen LogP contribution in [-0.2, 0) is 10.3 Å². The van der Waals surface area contributed by atoms with Crippen LogP contribution in [-0.4, -0.2) is 5.91 Å². The first-order valence-corrected chi connectivity index (χ1v) is 5.67. The number of nitrogens with one attached hydrogen (secondary N) is 1. The van der Waals surface area contributed by atoms with Gasteiger partial charge in [0.05, 0.1) is 0 Å². The zero-order valence-corrected chi connectivity index (χ0v) is 9.79. The van der Waals surface area contributed by atoms with Gasteiger partial charge >= 0.3 is 0 Å². The minimum Gasteiger partial charge on any atom is -0.326 e. The maximum absolute atomic E-state index is 11.5. The zero-order chi connectivity index (χ0) is 11.8. The van der Waals surface area contributed by atoms with Crippen LogP contribution >= 0.6 is 0 Å². The summed E-state index contributed by atoms with van der Waals surface area (Å²) in [5, 5.41) is 2.90. The van der Waals surface area contributed by atoms with Gasteiger partial charge in [-0.3, -0.25) is 4.79 Å². The Balaban J connectivity index is 2.04. The highest BCUT2D eigenvalue weighted by atomic mass is 16.2. The lowest BCUT2D eigenvalue weighted by atomic mass is 9.96. The van der Waals surface area contributed by atoms with Crippen LogP contribution in [0, 0.1) is 5.92 Å². The standard InChI is InChI=1S/C13H18N2O/c1-13(2,14)10-5-7-11(8-6-10)15-12(16)9-3-4-9/h5-9H,3-4,14H2,1-2H3,(H,15,16). The van der Waals surface area contributed by atoms with Crippen molar-refractivity contribution in [3.63, 3.8) is 0 Å². The lowest BCUT2D eigenvalue weighted by molar-refractivity contribution is -0.117. The number of carbonyl (C=O) groups is 1. The van der Waals surface area contributed by atoms with Crippen LogP contribution in [0.5, 0.6) is 0 Å². The molecule has 3 heteroatoms. The number of rotatable bonds is 3. The van der Waals surface area contributed by atoms with Gasteiger partial charge in [0.15, 0.2) is 0 Å². The molecule has 1 fully saturated rings. The van der Waals surface area contributed by atoms with Crippen molar-refractivity contribution in [2.45, 2.75) is 32.2 Å². The Kier molecular flexibility index (Phi) is 2.72. The van der Waals surface area contributed by atoms with E-state index >= 15 is 0 Å². The fourth-order valence-corrected chi connectivity index (χ4v) is 1.57. The van der Waals surface area contributed by atoms with Crippen LogP contribution in [0.25, 0.3) is 0 Å². The molecule has 1 amide bonds. The van der Waals surface area contributed by atoms with E-state index < -0.39 is 0 Å². The molecular formula is C13H18N2O. The molecular weight excluding hydrogens is 200 g/mol. The van der Waals surface area contributed by atoms with Gasteiger partial charge in [-0.25, -0.2) is 0 Å². The molecule has 1 aromatic rings. The summed E-state index contributed by atoms with van der Waals surface area (Å²) in [5.41, 5.74) is 7.56. The molecule has 2 rings (SSSR count). The Hall–Kier alpha value is -1.35. The first-order chi connectivity index (χ1) is 7.47. The number of benzene rings is 1. The van der Waals surface area contributed by atoms with Gasteiger partial charge in [0.2, 0.25) is 5.91 Å². The van der Waals surface area contributed by atoms with Crippen molar-refractivity contribution in [3.8, 4) is 0 Å². The molecule has 0 radical (unpaired) electrons. The first kappa shape index (κ1) is 11.1. The van der Waals surface area contributed by atoms with E-state index in [0.29, 0.717) is 0 Å². The van der Waals surface area contributed by atoms with Gasteiger partial charge in [0.1, 0.15) is 0 Å². The van der Waals surface area contributed by atoms with Crippen LogP contribution in [0.15, 0.2) is 24.3 Å². The molecule has 0 aliphatic heterocycles. The summed E-state index contributed by atoms with van der Waals surface area (Å²) >= 11 is 0. The van der Waals surface area contributed by atoms with E-state index in [-0.39, 0.29) is 17.4 Å². The molecule has 1 aliphatic carbocycles. The van der Waals surface area contributed by atoms with Crippen molar-refractivity contribution < 1.29 is 4.79 Å². The normalized spacial score (nSPS) is 15.9. The van der Waals surface area contributed by atoms with Crippen molar-refractivity contribution in [1.29, 1.82) is 0 Å². The van der Waals surface area contributed by atoms with Crippen LogP contribution in [0.3, 0.4) is 0 Å². The topological polar surface area (TPSA) is 55.1 Å². The molecule has 1 saturated carbocycles. The highest BCUT2D eigenvalue weighted by Crippen LogP contribution is 2.30. The minimum absolute atomic E-state index is 0.139. The average molecular weight is 218 g/mol. The summed E-state index contributed by atoms with van der Waals surface area (Å²) in [4.78, 5) is 11.5. The van der Waals surface area contributed by atoms with Crippen LogP contribution in [0.4, 0.5) is 5.69 Å². The predicted molar refractivity (Wildman–Crippen MR) is 65.0 cm³/mol. The summed E-state index contributed by atoms with van der Waals surface area (Å²) in [6.07, 6.45) is 2.06. The van der Waals surface area contributed by atoms with E-state index in [1.165, 1.54) is 0 Å². The van der Waals surface area contributed by atoms with Crippen molar-refractivity contribution in [3.05, 3.63) is 29.8 Å². The second-order valence-corrected chi connectivity index (χ2v) is 5.06. The third kappa shape index (κ3) is 2.61. The molecule has 3 N–H and O–H groups in total. The monoisotopic (exact) mass is 218 g/mol. The van der Waals surface area contributed by atoms with E-state index in [4.69, 9.17) is 5.73 Å². The van der Waals surface area contributed by atoms with Crippen LogP contribution < -0.4 is 11.1 Å². The first-order valence-electron chi connectivity index (χ1n) is 5.67. The van der Waals surface area contributed by atoms with Gasteiger partial charge in [-0.05, 0) is 44.4 Å². The Bertz CT molecular complexity index is 385. The third-order valence-electron chi connectivity index (χ3n) is 2.84. The zero-order valence-electron chi connectivity index (χ0n) is 9.79. The maximum atomic E-state index is 11.5. The van der Waals surface area contributed by atoms with Gasteiger partial charge in [-0.2, -0.15) is 0 Å². The van der Waals surface area contributed by atoms with Crippen LogP contribution in [0.1, 0.15) is 32.3 Å². The molecule has 0 aromatic heterocycles. The highest BCUT2D eigenvalue weighted by molar-refractivity contribution is 5.94. The van der Waals surface area contributed by atoms with E-state index in [1.54, 1.807) is 0 Å². The van der Waals surface area contributed by atoms with E-state index in [1.807, 2.05) is 38.1 Å². The van der Waals surface area contributed by atoms with Crippen molar-refractivity contribution in [2.75, 3.05) is 5.32 Å². The largest absolute Gasteiger partial charge is 0.326 e. The molecule has 1 aliphatic rings. The number of amides is 1. The Morgan fingerprint density at radius 3 is 2.31 bits per heavy atom. The summed E-state index contributed by atoms with van der Waals surface area (Å²) in [6.45, 7) is 3.93. The van der Waals surface area contributed by atoms with Crippen molar-refractivity contribution >= 4 is 11.6 Å². The number of anilines is 1. The van der Waals surface area contributed by atoms with Gasteiger partial charge in [-0.1, -0.05) is 12.1 Å². The fraction of sp³-hybridized carbons (Fsp3) is 0.462. The van der Waals surface area contributed by atoms with Gasteiger partial charge < -0.3 is 11.1 Å². The van der Waals surface area contributed by atoms with Crippen molar-refractivity contribution in [2.24, 2.45) is 11.7 Å². The van der Waals surface area contributed by atoms with E-state index in [2.05, 4.69) is 5.32 Å². The maximum Gasteiger partial charge on any atom is 0.227 e. The lowest BCUT2D eigenvalue weighted by Gasteiger charge is -2.19. The second-order valence-electron chi connectivity index (χ2n) is 5.06. The summed E-state index contributed by atoms with van der Waals surface area (Å²) in [5.74, 6) is 0.380. The molecule has 0 atom stereocenters. The summed E-state index contributed by atoms with van der Waals surface area (Å²) < 4.78 is 0. The summed E-state index contributed by atoms with van der Waals surface area (Å²) in [7, 11) is 0. The molecule has 0 spiro atoms. The molecule has 0 unspecified atom stereocenters. The Labute approximate surface area is 96.0 Å². The number of hydrogen-bond acceptors (Lipinski definition) is 2. The van der Waals surface area contributed by atoms with Crippen LogP contribution in [0.2, 0.25) is 0 Å². The number of hydrogen-bond donors (Lipinski definition) is 2. The Morgan fingerprint density at radius 2 is 1.88 bits per heavy atom. The Morgan fingerprint density at radius 1 is 1.31 bits per heavy atom. The smallest absolute Gasteiger partial charge is 0.227 e. The molecule has 0 bridgehead atoms. The second kappa shape index (κ2) is 3.91. The minimum atomic E-state index is -0.334. The molecule has 0 heterocycles. The molecule has 86 valence electrons. The van der Waals surface area contributed by atoms with Crippen molar-refractivity contribution in [1.82, 2.24) is 0 Å². The SMILES string of the molecule is CC(C)(N)c1ccc(NC(=O)C2CC2)cc1. The van der Waals surface area contributed by atoms with Gasteiger partial charge in [0, 0.05) is 17.1 Å². The number of carbonyl (C=O) groups excluding carboxylic acids is 1. The lowest BCUT2D eigenvalue weighted by Crippen LogP contribution is -2.28. The molecule has 3 nitrogen and oxygen atoms in total. The van der Waals surface area contributed by atoms with Gasteiger partial charge in [0.25, 0.3) is 0 Å². The molecule has 1 aromatic carbocycles. The van der Waals surface area contributed by atoms with E-state index in [9.17, 15) is 4.79 Å². The predicted octanol–water partition coefficient (Wildman–Crippen LogP) is 2.23. The van der Waals surface area contributed by atoms with Gasteiger partial charge in [-0.15, -0.1) is 0 Å². The number of nitrogens with two attached hydrogens (primary N) is 1.